The molecular formula is C16H23N3O. The Labute approximate surface area is 120 Å². The van der Waals surface area contributed by atoms with E-state index in [1.54, 1.807) is 0 Å². The van der Waals surface area contributed by atoms with Gasteiger partial charge in [0.25, 0.3) is 0 Å². The summed E-state index contributed by atoms with van der Waals surface area (Å²) in [6, 6.07) is 6.24. The van der Waals surface area contributed by atoms with Gasteiger partial charge in [0, 0.05) is 17.8 Å². The summed E-state index contributed by atoms with van der Waals surface area (Å²) in [4.78, 5) is 0. The molecule has 0 aliphatic rings. The lowest BCUT2D eigenvalue weighted by atomic mass is 10.1. The van der Waals surface area contributed by atoms with Gasteiger partial charge in [-0.15, -0.1) is 0 Å². The molecule has 0 amide bonds. The molecule has 0 aliphatic heterocycles. The van der Waals surface area contributed by atoms with Crippen molar-refractivity contribution in [1.82, 2.24) is 10.2 Å². The zero-order valence-electron chi connectivity index (χ0n) is 12.7. The summed E-state index contributed by atoms with van der Waals surface area (Å²) in [7, 11) is 0. The van der Waals surface area contributed by atoms with Gasteiger partial charge in [0.15, 0.2) is 0 Å². The SMILES string of the molecule is CCCOc1cc(C)ccc1NCc1c(C)n[nH]c1C. The van der Waals surface area contributed by atoms with Gasteiger partial charge in [-0.2, -0.15) is 5.10 Å². The molecule has 2 aromatic rings. The highest BCUT2D eigenvalue weighted by molar-refractivity contribution is 5.58. The Morgan fingerprint density at radius 1 is 1.25 bits per heavy atom. The van der Waals surface area contributed by atoms with Crippen LogP contribution in [0.25, 0.3) is 0 Å². The van der Waals surface area contributed by atoms with Crippen LogP contribution in [0.15, 0.2) is 18.2 Å². The third-order valence-electron chi connectivity index (χ3n) is 3.34. The average Bonchev–Trinajstić information content (AvgIpc) is 2.75. The number of aromatic nitrogens is 2. The zero-order chi connectivity index (χ0) is 14.5. The molecule has 0 saturated carbocycles. The van der Waals surface area contributed by atoms with Gasteiger partial charge in [0.1, 0.15) is 5.75 Å². The van der Waals surface area contributed by atoms with Crippen LogP contribution in [0.1, 0.15) is 35.9 Å². The number of benzene rings is 1. The lowest BCUT2D eigenvalue weighted by Crippen LogP contribution is -2.05. The molecule has 2 N–H and O–H groups in total. The molecule has 0 bridgehead atoms. The Kier molecular flexibility index (Phi) is 4.66. The first-order valence-corrected chi connectivity index (χ1v) is 7.09. The first kappa shape index (κ1) is 14.4. The number of aromatic amines is 1. The molecule has 2 rings (SSSR count). The van der Waals surface area contributed by atoms with Crippen molar-refractivity contribution in [3.63, 3.8) is 0 Å². The molecular weight excluding hydrogens is 250 g/mol. The Morgan fingerprint density at radius 3 is 2.70 bits per heavy atom. The Morgan fingerprint density at radius 2 is 2.05 bits per heavy atom. The van der Waals surface area contributed by atoms with Gasteiger partial charge in [-0.3, -0.25) is 5.10 Å². The summed E-state index contributed by atoms with van der Waals surface area (Å²) >= 11 is 0. The monoisotopic (exact) mass is 273 g/mol. The molecule has 0 spiro atoms. The molecule has 1 aromatic carbocycles. The van der Waals surface area contributed by atoms with Gasteiger partial charge in [-0.25, -0.2) is 0 Å². The minimum Gasteiger partial charge on any atom is -0.491 e. The number of aryl methyl sites for hydroxylation is 3. The van der Waals surface area contributed by atoms with Gasteiger partial charge in [-0.05, 0) is 44.9 Å². The molecule has 1 aromatic heterocycles. The summed E-state index contributed by atoms with van der Waals surface area (Å²) in [5.74, 6) is 0.922. The average molecular weight is 273 g/mol. The molecule has 1 heterocycles. The van der Waals surface area contributed by atoms with E-state index >= 15 is 0 Å². The highest BCUT2D eigenvalue weighted by atomic mass is 16.5. The van der Waals surface area contributed by atoms with Crippen LogP contribution in [0.4, 0.5) is 5.69 Å². The fourth-order valence-electron chi connectivity index (χ4n) is 2.13. The number of nitrogens with one attached hydrogen (secondary N) is 2. The quantitative estimate of drug-likeness (QED) is 0.843. The van der Waals surface area contributed by atoms with E-state index in [1.807, 2.05) is 13.8 Å². The third-order valence-corrected chi connectivity index (χ3v) is 3.34. The lowest BCUT2D eigenvalue weighted by molar-refractivity contribution is 0.318. The maximum atomic E-state index is 5.81. The number of hydrogen-bond donors (Lipinski definition) is 2. The van der Waals surface area contributed by atoms with E-state index in [4.69, 9.17) is 4.74 Å². The molecule has 0 fully saturated rings. The van der Waals surface area contributed by atoms with Gasteiger partial charge < -0.3 is 10.1 Å². The number of anilines is 1. The first-order chi connectivity index (χ1) is 9.61. The lowest BCUT2D eigenvalue weighted by Gasteiger charge is -2.14. The second-order valence-corrected chi connectivity index (χ2v) is 5.11. The zero-order valence-corrected chi connectivity index (χ0v) is 12.7. The van der Waals surface area contributed by atoms with Crippen LogP contribution in [0, 0.1) is 20.8 Å². The second kappa shape index (κ2) is 6.46. The maximum Gasteiger partial charge on any atom is 0.142 e. The van der Waals surface area contributed by atoms with Crippen molar-refractivity contribution in [3.8, 4) is 5.75 Å². The van der Waals surface area contributed by atoms with Gasteiger partial charge >= 0.3 is 0 Å². The minimum absolute atomic E-state index is 0.738. The second-order valence-electron chi connectivity index (χ2n) is 5.11. The molecule has 20 heavy (non-hydrogen) atoms. The highest BCUT2D eigenvalue weighted by Gasteiger charge is 2.08. The molecule has 4 nitrogen and oxygen atoms in total. The molecule has 0 unspecified atom stereocenters. The van der Waals surface area contributed by atoms with Crippen molar-refractivity contribution in [1.29, 1.82) is 0 Å². The first-order valence-electron chi connectivity index (χ1n) is 7.09. The van der Waals surface area contributed by atoms with E-state index in [2.05, 4.69) is 47.6 Å². The summed E-state index contributed by atoms with van der Waals surface area (Å²) in [5.41, 5.74) is 5.60. The van der Waals surface area contributed by atoms with E-state index < -0.39 is 0 Å². The minimum atomic E-state index is 0.738. The van der Waals surface area contributed by atoms with Gasteiger partial charge in [0.2, 0.25) is 0 Å². The van der Waals surface area contributed by atoms with Crippen molar-refractivity contribution in [2.45, 2.75) is 40.7 Å². The molecule has 0 saturated heterocycles. The predicted molar refractivity (Wildman–Crippen MR) is 82.4 cm³/mol. The summed E-state index contributed by atoms with van der Waals surface area (Å²) in [6.07, 6.45) is 1.01. The maximum absolute atomic E-state index is 5.81. The molecule has 4 heteroatoms. The molecule has 0 atom stereocenters. The van der Waals surface area contributed by atoms with Crippen LogP contribution >= 0.6 is 0 Å². The van der Waals surface area contributed by atoms with Crippen LogP contribution in [-0.2, 0) is 6.54 Å². The largest absolute Gasteiger partial charge is 0.491 e. The summed E-state index contributed by atoms with van der Waals surface area (Å²) in [5, 5.41) is 10.7. The number of ether oxygens (including phenoxy) is 1. The standard InChI is InChI=1S/C16H23N3O/c1-5-8-20-16-9-11(2)6-7-15(16)17-10-14-12(3)18-19-13(14)4/h6-7,9,17H,5,8,10H2,1-4H3,(H,18,19). The highest BCUT2D eigenvalue weighted by Crippen LogP contribution is 2.27. The summed E-state index contributed by atoms with van der Waals surface area (Å²) < 4.78 is 5.81. The Balaban J connectivity index is 2.12. The molecule has 0 aliphatic carbocycles. The third kappa shape index (κ3) is 3.32. The molecule has 0 radical (unpaired) electrons. The Bertz CT molecular complexity index is 556. The fraction of sp³-hybridized carbons (Fsp3) is 0.438. The van der Waals surface area contributed by atoms with E-state index in [-0.39, 0.29) is 0 Å². The van der Waals surface area contributed by atoms with Crippen LogP contribution in [-0.4, -0.2) is 16.8 Å². The van der Waals surface area contributed by atoms with Gasteiger partial charge in [-0.1, -0.05) is 13.0 Å². The van der Waals surface area contributed by atoms with Crippen LogP contribution in [0.2, 0.25) is 0 Å². The van der Waals surface area contributed by atoms with E-state index in [0.29, 0.717) is 0 Å². The number of H-pyrrole nitrogens is 1. The fourth-order valence-corrected chi connectivity index (χ4v) is 2.13. The number of nitrogens with zero attached hydrogens (tertiary/aromatic N) is 1. The van der Waals surface area contributed by atoms with E-state index in [9.17, 15) is 0 Å². The van der Waals surface area contributed by atoms with Crippen molar-refractivity contribution in [3.05, 3.63) is 40.7 Å². The van der Waals surface area contributed by atoms with E-state index in [0.717, 1.165) is 42.4 Å². The van der Waals surface area contributed by atoms with Crippen LogP contribution in [0.5, 0.6) is 5.75 Å². The Hall–Kier alpha value is -1.97. The normalized spacial score (nSPS) is 10.6. The number of hydrogen-bond acceptors (Lipinski definition) is 3. The predicted octanol–water partition coefficient (Wildman–Crippen LogP) is 3.74. The van der Waals surface area contributed by atoms with E-state index in [1.165, 1.54) is 11.1 Å². The number of rotatable bonds is 6. The van der Waals surface area contributed by atoms with Crippen molar-refractivity contribution < 1.29 is 4.74 Å². The van der Waals surface area contributed by atoms with Crippen molar-refractivity contribution >= 4 is 5.69 Å². The smallest absolute Gasteiger partial charge is 0.142 e. The topological polar surface area (TPSA) is 49.9 Å². The van der Waals surface area contributed by atoms with Gasteiger partial charge in [0.05, 0.1) is 18.0 Å². The van der Waals surface area contributed by atoms with Crippen LogP contribution in [0.3, 0.4) is 0 Å². The van der Waals surface area contributed by atoms with Crippen molar-refractivity contribution in [2.75, 3.05) is 11.9 Å². The van der Waals surface area contributed by atoms with Crippen molar-refractivity contribution in [2.24, 2.45) is 0 Å². The summed E-state index contributed by atoms with van der Waals surface area (Å²) in [6.45, 7) is 9.74. The van der Waals surface area contributed by atoms with Crippen LogP contribution < -0.4 is 10.1 Å². The molecule has 108 valence electrons.